The van der Waals surface area contributed by atoms with Gasteiger partial charge < -0.3 is 19.8 Å². The molecule has 1 spiro atoms. The molecule has 1 N–H and O–H groups in total. The van der Waals surface area contributed by atoms with Crippen LogP contribution < -0.4 is 5.32 Å². The number of amides is 2. The number of methoxy groups -OCH3 is 1. The van der Waals surface area contributed by atoms with Gasteiger partial charge in [-0.2, -0.15) is 0 Å². The van der Waals surface area contributed by atoms with E-state index in [4.69, 9.17) is 9.57 Å². The number of hydrogen-bond acceptors (Lipinski definition) is 6. The Morgan fingerprint density at radius 3 is 3.12 bits per heavy atom. The lowest BCUT2D eigenvalue weighted by atomic mass is 9.96. The van der Waals surface area contributed by atoms with Crippen molar-refractivity contribution < 1.29 is 19.2 Å². The third-order valence-corrected chi connectivity index (χ3v) is 4.21. The summed E-state index contributed by atoms with van der Waals surface area (Å²) in [4.78, 5) is 35.3. The molecule has 1 aromatic heterocycles. The lowest BCUT2D eigenvalue weighted by molar-refractivity contribution is -0.135. The van der Waals surface area contributed by atoms with Gasteiger partial charge in [0, 0.05) is 45.4 Å². The summed E-state index contributed by atoms with van der Waals surface area (Å²) in [5, 5.41) is 6.75. The lowest BCUT2D eigenvalue weighted by Gasteiger charge is -2.21. The number of aromatic nitrogens is 1. The average Bonchev–Trinajstić information content (AvgIpc) is 3.21. The summed E-state index contributed by atoms with van der Waals surface area (Å²) < 4.78 is 4.87. The molecule has 24 heavy (non-hydrogen) atoms. The van der Waals surface area contributed by atoms with Crippen LogP contribution in [0.1, 0.15) is 18.4 Å². The van der Waals surface area contributed by atoms with Gasteiger partial charge in [0.05, 0.1) is 6.54 Å². The van der Waals surface area contributed by atoms with Crippen LogP contribution >= 0.6 is 0 Å². The van der Waals surface area contributed by atoms with Gasteiger partial charge in [0.1, 0.15) is 12.3 Å². The fourth-order valence-electron chi connectivity index (χ4n) is 2.92. The molecule has 8 heteroatoms. The molecule has 0 saturated carbocycles. The second kappa shape index (κ2) is 6.96. The Bertz CT molecular complexity index is 649. The first kappa shape index (κ1) is 16.4. The van der Waals surface area contributed by atoms with Gasteiger partial charge in [0.15, 0.2) is 5.60 Å². The third-order valence-electron chi connectivity index (χ3n) is 4.21. The van der Waals surface area contributed by atoms with E-state index in [1.807, 2.05) is 12.1 Å². The van der Waals surface area contributed by atoms with E-state index in [-0.39, 0.29) is 18.4 Å². The number of likely N-dealkylation sites (tertiary alicyclic amines) is 1. The zero-order valence-corrected chi connectivity index (χ0v) is 13.5. The zero-order chi connectivity index (χ0) is 17.0. The monoisotopic (exact) mass is 332 g/mol. The van der Waals surface area contributed by atoms with Crippen molar-refractivity contribution in [1.29, 1.82) is 0 Å². The van der Waals surface area contributed by atoms with Crippen molar-refractivity contribution in [2.24, 2.45) is 5.16 Å². The van der Waals surface area contributed by atoms with Crippen molar-refractivity contribution >= 4 is 17.5 Å². The second-order valence-electron chi connectivity index (χ2n) is 6.03. The number of ether oxygens (including phenoxy) is 1. The largest absolute Gasteiger partial charge is 0.386 e. The minimum absolute atomic E-state index is 0.0510. The smallest absolute Gasteiger partial charge is 0.269 e. The SMILES string of the molecule is COCC(=O)N1CC[C@]2(CC(C(=O)NCc3cccnc3)=NO2)C1. The van der Waals surface area contributed by atoms with Crippen LogP contribution in [0, 0.1) is 0 Å². The minimum Gasteiger partial charge on any atom is -0.386 e. The van der Waals surface area contributed by atoms with Gasteiger partial charge in [-0.3, -0.25) is 14.6 Å². The number of nitrogens with zero attached hydrogens (tertiary/aromatic N) is 3. The van der Waals surface area contributed by atoms with Crippen LogP contribution in [0.3, 0.4) is 0 Å². The molecule has 0 aliphatic carbocycles. The van der Waals surface area contributed by atoms with Crippen LogP contribution in [0.25, 0.3) is 0 Å². The molecule has 2 amide bonds. The maximum atomic E-state index is 12.2. The molecular weight excluding hydrogens is 312 g/mol. The first-order valence-corrected chi connectivity index (χ1v) is 7.81. The predicted octanol–water partition coefficient (Wildman–Crippen LogP) is 0.0916. The summed E-state index contributed by atoms with van der Waals surface area (Å²) in [6.45, 7) is 1.45. The summed E-state index contributed by atoms with van der Waals surface area (Å²) in [5.74, 6) is -0.329. The van der Waals surface area contributed by atoms with E-state index >= 15 is 0 Å². The van der Waals surface area contributed by atoms with Crippen LogP contribution in [0.15, 0.2) is 29.7 Å². The Labute approximate surface area is 139 Å². The van der Waals surface area contributed by atoms with Gasteiger partial charge in [-0.05, 0) is 11.6 Å². The van der Waals surface area contributed by atoms with E-state index in [0.717, 1.165) is 5.56 Å². The number of oxime groups is 1. The van der Waals surface area contributed by atoms with Gasteiger partial charge in [0.2, 0.25) is 5.91 Å². The number of carbonyl (C=O) groups is 2. The van der Waals surface area contributed by atoms with Gasteiger partial charge in [-0.15, -0.1) is 0 Å². The molecule has 0 unspecified atom stereocenters. The molecule has 1 atom stereocenters. The molecule has 1 aromatic rings. The van der Waals surface area contributed by atoms with Crippen molar-refractivity contribution in [2.75, 3.05) is 26.8 Å². The molecule has 1 fully saturated rings. The summed E-state index contributed by atoms with van der Waals surface area (Å²) in [6.07, 6.45) is 4.44. The van der Waals surface area contributed by atoms with E-state index in [1.54, 1.807) is 17.3 Å². The van der Waals surface area contributed by atoms with Crippen molar-refractivity contribution in [3.05, 3.63) is 30.1 Å². The summed E-state index contributed by atoms with van der Waals surface area (Å²) in [5.41, 5.74) is 0.696. The molecule has 128 valence electrons. The van der Waals surface area contributed by atoms with Gasteiger partial charge in [-0.1, -0.05) is 11.2 Å². The molecule has 8 nitrogen and oxygen atoms in total. The molecule has 0 bridgehead atoms. The Morgan fingerprint density at radius 2 is 2.38 bits per heavy atom. The van der Waals surface area contributed by atoms with Crippen LogP contribution in [0.4, 0.5) is 0 Å². The normalized spacial score (nSPS) is 22.4. The van der Waals surface area contributed by atoms with E-state index in [2.05, 4.69) is 15.5 Å². The molecule has 2 aliphatic rings. The highest BCUT2D eigenvalue weighted by Crippen LogP contribution is 2.33. The number of nitrogens with one attached hydrogen (secondary N) is 1. The summed E-state index contributed by atoms with van der Waals surface area (Å²) in [6, 6.07) is 3.70. The first-order valence-electron chi connectivity index (χ1n) is 7.81. The maximum Gasteiger partial charge on any atom is 0.269 e. The van der Waals surface area contributed by atoms with Gasteiger partial charge in [-0.25, -0.2) is 0 Å². The standard InChI is InChI=1S/C16H20N4O4/c1-23-10-14(21)20-6-4-16(11-20)7-13(19-24-16)15(22)18-9-12-3-2-5-17-8-12/h2-3,5,8H,4,6-7,9-11H2,1H3,(H,18,22)/t16-/m0/s1. The molecule has 2 aliphatic heterocycles. The molecule has 3 rings (SSSR count). The second-order valence-corrected chi connectivity index (χ2v) is 6.03. The Balaban J connectivity index is 1.51. The third kappa shape index (κ3) is 3.53. The van der Waals surface area contributed by atoms with E-state index in [0.29, 0.717) is 38.2 Å². The minimum atomic E-state index is -0.579. The Kier molecular flexibility index (Phi) is 4.75. The van der Waals surface area contributed by atoms with Crippen LogP contribution in [-0.2, 0) is 25.7 Å². The summed E-state index contributed by atoms with van der Waals surface area (Å²) in [7, 11) is 1.49. The fourth-order valence-corrected chi connectivity index (χ4v) is 2.92. The maximum absolute atomic E-state index is 12.2. The Hall–Kier alpha value is -2.48. The number of carbonyl (C=O) groups excluding carboxylic acids is 2. The van der Waals surface area contributed by atoms with Gasteiger partial charge in [0.25, 0.3) is 5.91 Å². The highest BCUT2D eigenvalue weighted by Gasteiger charge is 2.47. The molecular formula is C16H20N4O4. The summed E-state index contributed by atoms with van der Waals surface area (Å²) >= 11 is 0. The lowest BCUT2D eigenvalue weighted by Crippen LogP contribution is -2.39. The topological polar surface area (TPSA) is 93.1 Å². The quantitative estimate of drug-likeness (QED) is 0.825. The van der Waals surface area contributed by atoms with Crippen molar-refractivity contribution in [1.82, 2.24) is 15.2 Å². The molecule has 3 heterocycles. The average molecular weight is 332 g/mol. The number of pyridine rings is 1. The Morgan fingerprint density at radius 1 is 1.50 bits per heavy atom. The van der Waals surface area contributed by atoms with Crippen LogP contribution in [0.2, 0.25) is 0 Å². The van der Waals surface area contributed by atoms with Crippen LogP contribution in [-0.4, -0.2) is 59.8 Å². The van der Waals surface area contributed by atoms with Gasteiger partial charge >= 0.3 is 0 Å². The van der Waals surface area contributed by atoms with Crippen molar-refractivity contribution in [3.8, 4) is 0 Å². The molecule has 0 radical (unpaired) electrons. The van der Waals surface area contributed by atoms with E-state index in [9.17, 15) is 9.59 Å². The molecule has 0 aromatic carbocycles. The number of rotatable bonds is 5. The van der Waals surface area contributed by atoms with Crippen LogP contribution in [0.5, 0.6) is 0 Å². The fraction of sp³-hybridized carbons (Fsp3) is 0.500. The van der Waals surface area contributed by atoms with E-state index in [1.165, 1.54) is 7.11 Å². The molecule has 1 saturated heterocycles. The number of hydrogen-bond donors (Lipinski definition) is 1. The predicted molar refractivity (Wildman–Crippen MR) is 85.0 cm³/mol. The van der Waals surface area contributed by atoms with E-state index < -0.39 is 5.60 Å². The zero-order valence-electron chi connectivity index (χ0n) is 13.5. The van der Waals surface area contributed by atoms with Crippen molar-refractivity contribution in [3.63, 3.8) is 0 Å². The highest BCUT2D eigenvalue weighted by molar-refractivity contribution is 6.39. The highest BCUT2D eigenvalue weighted by atomic mass is 16.7. The first-order chi connectivity index (χ1) is 11.6. The van der Waals surface area contributed by atoms with Crippen molar-refractivity contribution in [2.45, 2.75) is 25.0 Å².